The normalized spacial score (nSPS) is 14.0. The lowest BCUT2D eigenvalue weighted by molar-refractivity contribution is 0.0955. The van der Waals surface area contributed by atoms with E-state index < -0.39 is 0 Å². The Kier molecular flexibility index (Phi) is 10.8. The van der Waals surface area contributed by atoms with Crippen LogP contribution in [0.1, 0.15) is 74.4 Å². The second-order valence-corrected chi connectivity index (χ2v) is 8.32. The Morgan fingerprint density at radius 3 is 2.42 bits per heavy atom. The van der Waals surface area contributed by atoms with Crippen LogP contribution in [0.4, 0.5) is 5.88 Å². The van der Waals surface area contributed by atoms with E-state index in [0.717, 1.165) is 31.1 Å². The van der Waals surface area contributed by atoms with Gasteiger partial charge >= 0.3 is 0 Å². The first-order chi connectivity index (χ1) is 16.3. The number of carbonyl (C=O) groups is 1. The van der Waals surface area contributed by atoms with Gasteiger partial charge in [-0.15, -0.1) is 0 Å². The Labute approximate surface area is 197 Å². The molecule has 2 heterocycles. The van der Waals surface area contributed by atoms with Gasteiger partial charge in [-0.1, -0.05) is 51.9 Å². The summed E-state index contributed by atoms with van der Waals surface area (Å²) in [7, 11) is 0. The van der Waals surface area contributed by atoms with Gasteiger partial charge in [-0.25, -0.2) is 5.43 Å². The van der Waals surface area contributed by atoms with Crippen molar-refractivity contribution in [3.63, 3.8) is 0 Å². The minimum absolute atomic E-state index is 0.277. The van der Waals surface area contributed by atoms with Crippen molar-refractivity contribution in [2.24, 2.45) is 5.10 Å². The zero-order valence-corrected chi connectivity index (χ0v) is 19.8. The maximum atomic E-state index is 12.3. The topological polar surface area (TPSA) is 76.3 Å². The van der Waals surface area contributed by atoms with Crippen LogP contribution in [0.25, 0.3) is 0 Å². The molecule has 33 heavy (non-hydrogen) atoms. The summed E-state index contributed by atoms with van der Waals surface area (Å²) in [6, 6.07) is 10.9. The minimum Gasteiger partial charge on any atom is -0.494 e. The highest BCUT2D eigenvalue weighted by Gasteiger charge is 2.14. The number of hydrazone groups is 1. The Hall–Kier alpha value is -2.80. The van der Waals surface area contributed by atoms with Gasteiger partial charge in [0.25, 0.3) is 5.91 Å². The zero-order chi connectivity index (χ0) is 23.1. The molecular weight excluding hydrogens is 418 g/mol. The molecule has 3 rings (SSSR count). The van der Waals surface area contributed by atoms with Crippen LogP contribution in [0, 0.1) is 0 Å². The molecule has 7 heteroatoms. The average molecular weight is 456 g/mol. The van der Waals surface area contributed by atoms with Crippen molar-refractivity contribution in [2.45, 2.75) is 58.3 Å². The summed E-state index contributed by atoms with van der Waals surface area (Å²) in [4.78, 5) is 14.4. The quantitative estimate of drug-likeness (QED) is 0.234. The fraction of sp³-hybridized carbons (Fsp3) is 0.538. The summed E-state index contributed by atoms with van der Waals surface area (Å²) in [6.07, 6.45) is 11.7. The fourth-order valence-corrected chi connectivity index (χ4v) is 3.71. The first-order valence-corrected chi connectivity index (χ1v) is 12.2. The number of anilines is 1. The van der Waals surface area contributed by atoms with Gasteiger partial charge in [0.1, 0.15) is 11.5 Å². The predicted molar refractivity (Wildman–Crippen MR) is 131 cm³/mol. The van der Waals surface area contributed by atoms with Gasteiger partial charge in [0.15, 0.2) is 5.88 Å². The molecule has 1 amide bonds. The number of hydrogen-bond donors (Lipinski definition) is 1. The molecule has 7 nitrogen and oxygen atoms in total. The van der Waals surface area contributed by atoms with Crippen molar-refractivity contribution >= 4 is 18.0 Å². The molecule has 0 atom stereocenters. The number of carbonyl (C=O) groups excluding carboxylic acids is 1. The first kappa shape index (κ1) is 24.8. The van der Waals surface area contributed by atoms with E-state index in [1.54, 1.807) is 12.1 Å². The molecule has 1 N–H and O–H groups in total. The lowest BCUT2D eigenvalue weighted by Crippen LogP contribution is -2.35. The Morgan fingerprint density at radius 1 is 1.00 bits per heavy atom. The van der Waals surface area contributed by atoms with E-state index in [1.807, 2.05) is 24.3 Å². The molecular formula is C26H37N3O4. The van der Waals surface area contributed by atoms with E-state index in [1.165, 1.54) is 51.2 Å². The molecule has 0 saturated carbocycles. The highest BCUT2D eigenvalue weighted by Crippen LogP contribution is 2.18. The van der Waals surface area contributed by atoms with Crippen LogP contribution in [0.3, 0.4) is 0 Å². The molecule has 0 bridgehead atoms. The highest BCUT2D eigenvalue weighted by molar-refractivity contribution is 5.94. The summed E-state index contributed by atoms with van der Waals surface area (Å²) in [5, 5.41) is 4.01. The molecule has 0 radical (unpaired) electrons. The van der Waals surface area contributed by atoms with Gasteiger partial charge in [0, 0.05) is 24.7 Å². The maximum Gasteiger partial charge on any atom is 0.271 e. The molecule has 1 aromatic heterocycles. The van der Waals surface area contributed by atoms with Crippen molar-refractivity contribution in [1.29, 1.82) is 0 Å². The van der Waals surface area contributed by atoms with Crippen LogP contribution >= 0.6 is 0 Å². The van der Waals surface area contributed by atoms with Crippen LogP contribution < -0.4 is 15.1 Å². The van der Waals surface area contributed by atoms with E-state index in [-0.39, 0.29) is 5.91 Å². The lowest BCUT2D eigenvalue weighted by Gasteiger charge is -2.26. The third kappa shape index (κ3) is 8.92. The summed E-state index contributed by atoms with van der Waals surface area (Å²) in [5.41, 5.74) is 3.06. The van der Waals surface area contributed by atoms with Crippen LogP contribution in [0.5, 0.6) is 5.75 Å². The molecule has 0 aliphatic carbocycles. The van der Waals surface area contributed by atoms with Crippen LogP contribution in [0.15, 0.2) is 45.9 Å². The van der Waals surface area contributed by atoms with E-state index in [4.69, 9.17) is 13.9 Å². The molecule has 180 valence electrons. The van der Waals surface area contributed by atoms with Gasteiger partial charge in [0.05, 0.1) is 26.0 Å². The average Bonchev–Trinajstić information content (AvgIpc) is 3.33. The summed E-state index contributed by atoms with van der Waals surface area (Å²) in [6.45, 7) is 5.96. The predicted octanol–water partition coefficient (Wildman–Crippen LogP) is 5.40. The fourth-order valence-electron chi connectivity index (χ4n) is 3.71. The number of unbranched alkanes of at least 4 members (excludes halogenated alkanes) is 7. The molecule has 2 aromatic rings. The standard InChI is InChI=1S/C26H37N3O4/c1-2-3-4-5-6-7-8-9-18-32-23-12-10-22(11-13-23)26(30)28-27-21-24-14-15-25(33-24)29-16-19-31-20-17-29/h10-15,21H,2-9,16-20H2,1H3,(H,28,30)/b27-21-. The Balaban J connectivity index is 1.32. The lowest BCUT2D eigenvalue weighted by atomic mass is 10.1. The molecule has 1 aliphatic rings. The van der Waals surface area contributed by atoms with E-state index in [2.05, 4.69) is 22.4 Å². The number of rotatable bonds is 14. The SMILES string of the molecule is CCCCCCCCCCOc1ccc(C(=O)N/N=C\c2ccc(N3CCOCC3)o2)cc1. The second kappa shape index (κ2) is 14.4. The molecule has 1 aromatic carbocycles. The van der Waals surface area contributed by atoms with E-state index in [9.17, 15) is 4.79 Å². The Bertz CT molecular complexity index is 841. The maximum absolute atomic E-state index is 12.3. The highest BCUT2D eigenvalue weighted by atomic mass is 16.5. The van der Waals surface area contributed by atoms with Crippen LogP contribution in [-0.4, -0.2) is 45.0 Å². The molecule has 0 unspecified atom stereocenters. The van der Waals surface area contributed by atoms with Gasteiger partial charge < -0.3 is 18.8 Å². The van der Waals surface area contributed by atoms with Gasteiger partial charge in [-0.2, -0.15) is 5.10 Å². The summed E-state index contributed by atoms with van der Waals surface area (Å²) < 4.78 is 16.9. The van der Waals surface area contributed by atoms with Crippen molar-refractivity contribution in [3.05, 3.63) is 47.7 Å². The first-order valence-electron chi connectivity index (χ1n) is 12.2. The number of nitrogens with one attached hydrogen (secondary N) is 1. The minimum atomic E-state index is -0.277. The third-order valence-electron chi connectivity index (χ3n) is 5.68. The summed E-state index contributed by atoms with van der Waals surface area (Å²) in [5.74, 6) is 1.88. The van der Waals surface area contributed by atoms with Gasteiger partial charge in [-0.05, 0) is 36.8 Å². The third-order valence-corrected chi connectivity index (χ3v) is 5.68. The number of morpholine rings is 1. The Morgan fingerprint density at radius 2 is 1.70 bits per heavy atom. The van der Waals surface area contributed by atoms with Crippen molar-refractivity contribution in [3.8, 4) is 5.75 Å². The summed E-state index contributed by atoms with van der Waals surface area (Å²) >= 11 is 0. The van der Waals surface area contributed by atoms with E-state index in [0.29, 0.717) is 31.1 Å². The smallest absolute Gasteiger partial charge is 0.271 e. The molecule has 1 aliphatic heterocycles. The van der Waals surface area contributed by atoms with Crippen LogP contribution in [0.2, 0.25) is 0 Å². The number of benzene rings is 1. The number of ether oxygens (including phenoxy) is 2. The number of amides is 1. The van der Waals surface area contributed by atoms with Crippen molar-refractivity contribution in [2.75, 3.05) is 37.8 Å². The number of nitrogens with zero attached hydrogens (tertiary/aromatic N) is 2. The van der Waals surface area contributed by atoms with E-state index >= 15 is 0 Å². The number of furan rings is 1. The number of hydrogen-bond acceptors (Lipinski definition) is 6. The molecule has 0 spiro atoms. The zero-order valence-electron chi connectivity index (χ0n) is 19.8. The second-order valence-electron chi connectivity index (χ2n) is 8.32. The largest absolute Gasteiger partial charge is 0.494 e. The van der Waals surface area contributed by atoms with Gasteiger partial charge in [-0.3, -0.25) is 4.79 Å². The van der Waals surface area contributed by atoms with Crippen molar-refractivity contribution in [1.82, 2.24) is 5.43 Å². The monoisotopic (exact) mass is 455 g/mol. The van der Waals surface area contributed by atoms with Crippen LogP contribution in [-0.2, 0) is 4.74 Å². The van der Waals surface area contributed by atoms with Crippen molar-refractivity contribution < 1.29 is 18.7 Å². The van der Waals surface area contributed by atoms with Gasteiger partial charge in [0.2, 0.25) is 0 Å². The molecule has 1 saturated heterocycles. The molecule has 1 fully saturated rings.